The fourth-order valence-electron chi connectivity index (χ4n) is 1.58. The maximum absolute atomic E-state index is 6.15. The Balaban J connectivity index is 2.64. The monoisotopic (exact) mass is 286 g/mol. The third kappa shape index (κ3) is 2.54. The molecule has 2 rings (SSSR count). The van der Waals surface area contributed by atoms with Gasteiger partial charge in [-0.25, -0.2) is 9.97 Å². The first kappa shape index (κ1) is 12.6. The Kier molecular flexibility index (Phi) is 3.57. The molecule has 88 valence electrons. The topological polar surface area (TPSA) is 25.8 Å². The average Bonchev–Trinajstić information content (AvgIpc) is 2.24. The van der Waals surface area contributed by atoms with Gasteiger partial charge in [-0.1, -0.05) is 34.8 Å². The number of benzene rings is 1. The highest BCUT2D eigenvalue weighted by Gasteiger charge is 2.11. The third-order valence-electron chi connectivity index (χ3n) is 2.40. The van der Waals surface area contributed by atoms with E-state index in [4.69, 9.17) is 34.8 Å². The summed E-state index contributed by atoms with van der Waals surface area (Å²) in [5, 5.41) is 1.44. The van der Waals surface area contributed by atoms with Gasteiger partial charge in [0.25, 0.3) is 0 Å². The summed E-state index contributed by atoms with van der Waals surface area (Å²) in [4.78, 5) is 8.46. The van der Waals surface area contributed by atoms with Crippen LogP contribution in [-0.4, -0.2) is 9.97 Å². The van der Waals surface area contributed by atoms with Gasteiger partial charge in [-0.2, -0.15) is 0 Å². The van der Waals surface area contributed by atoms with Crippen LogP contribution >= 0.6 is 34.8 Å². The smallest absolute Gasteiger partial charge is 0.125 e. The molecule has 0 atom stereocenters. The molecule has 0 aliphatic heterocycles. The first-order chi connectivity index (χ1) is 7.99. The van der Waals surface area contributed by atoms with Gasteiger partial charge in [-0.15, -0.1) is 0 Å². The second kappa shape index (κ2) is 4.81. The van der Waals surface area contributed by atoms with Crippen LogP contribution in [0.3, 0.4) is 0 Å². The zero-order valence-electron chi connectivity index (χ0n) is 9.26. The van der Waals surface area contributed by atoms with E-state index in [9.17, 15) is 0 Å². The van der Waals surface area contributed by atoms with Crippen molar-refractivity contribution in [2.75, 3.05) is 0 Å². The SMILES string of the molecule is Cc1ncc(-c2cc(Cl)c(Cl)cc2Cl)c(C)n1. The Morgan fingerprint density at radius 1 is 0.882 bits per heavy atom. The minimum absolute atomic E-state index is 0.436. The highest BCUT2D eigenvalue weighted by molar-refractivity contribution is 6.44. The molecule has 2 aromatic rings. The molecule has 0 unspecified atom stereocenters. The molecule has 0 aliphatic rings. The van der Waals surface area contributed by atoms with Crippen LogP contribution in [0.2, 0.25) is 15.1 Å². The lowest BCUT2D eigenvalue weighted by molar-refractivity contribution is 1.01. The second-order valence-corrected chi connectivity index (χ2v) is 4.88. The van der Waals surface area contributed by atoms with E-state index in [1.807, 2.05) is 13.8 Å². The molecule has 0 amide bonds. The standard InChI is InChI=1S/C12H9Cl3N2/c1-6-9(5-16-7(2)17-6)8-3-11(14)12(15)4-10(8)13/h3-5H,1-2H3. The first-order valence-electron chi connectivity index (χ1n) is 4.94. The summed E-state index contributed by atoms with van der Waals surface area (Å²) in [6, 6.07) is 3.35. The van der Waals surface area contributed by atoms with Gasteiger partial charge >= 0.3 is 0 Å². The lowest BCUT2D eigenvalue weighted by Gasteiger charge is -2.09. The minimum Gasteiger partial charge on any atom is -0.241 e. The molecule has 0 saturated heterocycles. The molecule has 0 fully saturated rings. The van der Waals surface area contributed by atoms with Gasteiger partial charge in [0.05, 0.1) is 15.1 Å². The van der Waals surface area contributed by atoms with Gasteiger partial charge in [-0.3, -0.25) is 0 Å². The van der Waals surface area contributed by atoms with Crippen molar-refractivity contribution < 1.29 is 0 Å². The van der Waals surface area contributed by atoms with Crippen molar-refractivity contribution in [2.24, 2.45) is 0 Å². The van der Waals surface area contributed by atoms with Gasteiger partial charge in [0.2, 0.25) is 0 Å². The molecule has 0 saturated carbocycles. The molecule has 1 heterocycles. The normalized spacial score (nSPS) is 10.6. The number of rotatable bonds is 1. The van der Waals surface area contributed by atoms with Gasteiger partial charge in [0.1, 0.15) is 5.82 Å². The Bertz CT molecular complexity index is 582. The largest absolute Gasteiger partial charge is 0.241 e. The van der Waals surface area contributed by atoms with E-state index in [1.54, 1.807) is 18.3 Å². The highest BCUT2D eigenvalue weighted by Crippen LogP contribution is 2.35. The number of halogens is 3. The van der Waals surface area contributed by atoms with Crippen LogP contribution in [-0.2, 0) is 0 Å². The Morgan fingerprint density at radius 2 is 1.53 bits per heavy atom. The number of nitrogens with zero attached hydrogens (tertiary/aromatic N) is 2. The molecule has 5 heteroatoms. The maximum Gasteiger partial charge on any atom is 0.125 e. The van der Waals surface area contributed by atoms with Gasteiger partial charge in [0, 0.05) is 23.0 Å². The Labute approximate surface area is 115 Å². The fraction of sp³-hybridized carbons (Fsp3) is 0.167. The van der Waals surface area contributed by atoms with Crippen molar-refractivity contribution in [1.29, 1.82) is 0 Å². The van der Waals surface area contributed by atoms with Crippen LogP contribution in [0.5, 0.6) is 0 Å². The van der Waals surface area contributed by atoms with Crippen LogP contribution in [0.1, 0.15) is 11.5 Å². The van der Waals surface area contributed by atoms with E-state index in [0.29, 0.717) is 15.1 Å². The van der Waals surface area contributed by atoms with Gasteiger partial charge < -0.3 is 0 Å². The lowest BCUT2D eigenvalue weighted by Crippen LogP contribution is -1.94. The van der Waals surface area contributed by atoms with E-state index in [2.05, 4.69) is 9.97 Å². The molecule has 17 heavy (non-hydrogen) atoms. The molecular formula is C12H9Cl3N2. The van der Waals surface area contributed by atoms with Crippen molar-refractivity contribution in [2.45, 2.75) is 13.8 Å². The predicted octanol–water partition coefficient (Wildman–Crippen LogP) is 4.72. The van der Waals surface area contributed by atoms with E-state index in [1.165, 1.54) is 0 Å². The molecule has 0 N–H and O–H groups in total. The number of hydrogen-bond donors (Lipinski definition) is 0. The molecule has 1 aromatic carbocycles. The molecular weight excluding hydrogens is 279 g/mol. The van der Waals surface area contributed by atoms with Crippen molar-refractivity contribution in [3.8, 4) is 11.1 Å². The summed E-state index contributed by atoms with van der Waals surface area (Å²) >= 11 is 18.0. The quantitative estimate of drug-likeness (QED) is 0.709. The van der Waals surface area contributed by atoms with Crippen LogP contribution in [0.15, 0.2) is 18.3 Å². The summed E-state index contributed by atoms with van der Waals surface area (Å²) in [5.41, 5.74) is 2.51. The van der Waals surface area contributed by atoms with Crippen molar-refractivity contribution in [3.63, 3.8) is 0 Å². The Hall–Kier alpha value is -0.830. The minimum atomic E-state index is 0.436. The predicted molar refractivity (Wildman–Crippen MR) is 72.0 cm³/mol. The summed E-state index contributed by atoms with van der Waals surface area (Å²) in [5.74, 6) is 0.724. The van der Waals surface area contributed by atoms with Crippen LogP contribution in [0.25, 0.3) is 11.1 Å². The van der Waals surface area contributed by atoms with Crippen LogP contribution < -0.4 is 0 Å². The Morgan fingerprint density at radius 3 is 2.18 bits per heavy atom. The summed E-state index contributed by atoms with van der Waals surface area (Å²) in [7, 11) is 0. The van der Waals surface area contributed by atoms with Crippen LogP contribution in [0.4, 0.5) is 0 Å². The van der Waals surface area contributed by atoms with E-state index in [-0.39, 0.29) is 0 Å². The average molecular weight is 288 g/mol. The summed E-state index contributed by atoms with van der Waals surface area (Å²) in [6.07, 6.45) is 1.74. The maximum atomic E-state index is 6.15. The first-order valence-corrected chi connectivity index (χ1v) is 6.07. The fourth-order valence-corrected chi connectivity index (χ4v) is 2.23. The summed E-state index contributed by atoms with van der Waals surface area (Å²) < 4.78 is 0. The molecule has 0 aliphatic carbocycles. The number of aromatic nitrogens is 2. The zero-order chi connectivity index (χ0) is 12.6. The number of hydrogen-bond acceptors (Lipinski definition) is 2. The molecule has 0 spiro atoms. The molecule has 0 bridgehead atoms. The van der Waals surface area contributed by atoms with Crippen molar-refractivity contribution in [3.05, 3.63) is 44.9 Å². The van der Waals surface area contributed by atoms with Gasteiger partial charge in [0.15, 0.2) is 0 Å². The molecule has 1 aromatic heterocycles. The van der Waals surface area contributed by atoms with E-state index in [0.717, 1.165) is 22.6 Å². The van der Waals surface area contributed by atoms with Gasteiger partial charge in [-0.05, 0) is 26.0 Å². The zero-order valence-corrected chi connectivity index (χ0v) is 11.5. The second-order valence-electron chi connectivity index (χ2n) is 3.66. The van der Waals surface area contributed by atoms with Crippen molar-refractivity contribution >= 4 is 34.8 Å². The van der Waals surface area contributed by atoms with Crippen LogP contribution in [0, 0.1) is 13.8 Å². The number of aryl methyl sites for hydroxylation is 2. The van der Waals surface area contributed by atoms with E-state index >= 15 is 0 Å². The lowest BCUT2D eigenvalue weighted by atomic mass is 10.1. The molecule has 0 radical (unpaired) electrons. The van der Waals surface area contributed by atoms with Crippen molar-refractivity contribution in [1.82, 2.24) is 9.97 Å². The van der Waals surface area contributed by atoms with E-state index < -0.39 is 0 Å². The summed E-state index contributed by atoms with van der Waals surface area (Å²) in [6.45, 7) is 3.75. The highest BCUT2D eigenvalue weighted by atomic mass is 35.5. The third-order valence-corrected chi connectivity index (χ3v) is 3.43. The molecule has 2 nitrogen and oxygen atoms in total.